The maximum Gasteiger partial charge on any atom is 0.508 e. The maximum atomic E-state index is 10.0. The van der Waals surface area contributed by atoms with Gasteiger partial charge in [0.15, 0.2) is 0 Å². The van der Waals surface area contributed by atoms with Crippen molar-refractivity contribution in [2.75, 3.05) is 6.61 Å². The van der Waals surface area contributed by atoms with Crippen LogP contribution < -0.4 is 11.7 Å². The van der Waals surface area contributed by atoms with Gasteiger partial charge in [0.1, 0.15) is 12.7 Å². The van der Waals surface area contributed by atoms with Gasteiger partial charge in [-0.05, 0) is 6.92 Å². The molecular weight excluding hydrogens is 140 g/mol. The molecule has 62 valence electrons. The van der Waals surface area contributed by atoms with Crippen molar-refractivity contribution in [2.45, 2.75) is 13.0 Å². The number of hydrogen-bond donors (Lipinski definition) is 2. The number of rotatable bonds is 0. The summed E-state index contributed by atoms with van der Waals surface area (Å²) in [6.07, 6.45) is -0.597. The molecule has 0 amide bonds. The first-order valence-electron chi connectivity index (χ1n) is 2.46. The summed E-state index contributed by atoms with van der Waals surface area (Å²) in [5.41, 5.74) is 0. The Bertz CT molecular complexity index is 97.3. The van der Waals surface area contributed by atoms with Crippen molar-refractivity contribution in [3.63, 3.8) is 0 Å². The van der Waals surface area contributed by atoms with Crippen molar-refractivity contribution < 1.29 is 19.7 Å². The molecule has 6 heteroatoms. The largest absolute Gasteiger partial charge is 0.508 e. The lowest BCUT2D eigenvalue weighted by Gasteiger charge is -1.90. The molecule has 6 nitrogen and oxygen atoms in total. The van der Waals surface area contributed by atoms with Crippen LogP contribution in [0, 0.1) is 0 Å². The van der Waals surface area contributed by atoms with Crippen LogP contribution >= 0.6 is 0 Å². The van der Waals surface area contributed by atoms with Crippen LogP contribution in [-0.2, 0) is 9.47 Å². The summed E-state index contributed by atoms with van der Waals surface area (Å²) < 4.78 is 8.90. The van der Waals surface area contributed by atoms with Crippen LogP contribution in [-0.4, -0.2) is 24.3 Å². The molecule has 0 aliphatic carbocycles. The first-order valence-corrected chi connectivity index (χ1v) is 2.46. The molecule has 1 aliphatic heterocycles. The van der Waals surface area contributed by atoms with Gasteiger partial charge in [0.25, 0.3) is 0 Å². The molecule has 0 saturated carbocycles. The molecule has 0 bridgehead atoms. The van der Waals surface area contributed by atoms with Gasteiger partial charge in [0, 0.05) is 0 Å². The summed E-state index contributed by atoms with van der Waals surface area (Å²) in [5.74, 6) is 8.00. The molecular formula is C4H12N2O4. The molecule has 6 N–H and O–H groups in total. The zero-order chi connectivity index (χ0) is 7.28. The van der Waals surface area contributed by atoms with Crippen LogP contribution in [0.25, 0.3) is 0 Å². The van der Waals surface area contributed by atoms with Crippen molar-refractivity contribution in [3.05, 3.63) is 0 Å². The quantitative estimate of drug-likeness (QED) is 0.249. The van der Waals surface area contributed by atoms with Gasteiger partial charge in [-0.2, -0.15) is 0 Å². The molecule has 1 atom stereocenters. The SMILES string of the molecule is CC1COC(=O)O1.NN.O. The van der Waals surface area contributed by atoms with E-state index in [-0.39, 0.29) is 11.6 Å². The van der Waals surface area contributed by atoms with Crippen molar-refractivity contribution >= 4 is 6.16 Å². The second-order valence-corrected chi connectivity index (χ2v) is 1.49. The number of carbonyl (C=O) groups excluding carboxylic acids is 1. The highest BCUT2D eigenvalue weighted by Crippen LogP contribution is 2.02. The summed E-state index contributed by atoms with van der Waals surface area (Å²) in [5, 5.41) is 0. The molecule has 0 spiro atoms. The van der Waals surface area contributed by atoms with E-state index >= 15 is 0 Å². The second-order valence-electron chi connectivity index (χ2n) is 1.49. The molecule has 0 aromatic carbocycles. The van der Waals surface area contributed by atoms with Gasteiger partial charge >= 0.3 is 6.16 Å². The summed E-state index contributed by atoms with van der Waals surface area (Å²) in [6, 6.07) is 0. The zero-order valence-corrected chi connectivity index (χ0v) is 5.66. The van der Waals surface area contributed by atoms with Crippen molar-refractivity contribution in [3.8, 4) is 0 Å². The van der Waals surface area contributed by atoms with E-state index in [9.17, 15) is 4.79 Å². The average Bonchev–Trinajstić information content (AvgIpc) is 2.20. The maximum absolute atomic E-state index is 10.0. The number of nitrogens with two attached hydrogens (primary N) is 2. The van der Waals surface area contributed by atoms with Gasteiger partial charge in [0.2, 0.25) is 0 Å². The highest BCUT2D eigenvalue weighted by Gasteiger charge is 2.19. The Balaban J connectivity index is 0. The molecule has 1 rings (SSSR count). The van der Waals surface area contributed by atoms with Gasteiger partial charge < -0.3 is 14.9 Å². The molecule has 0 aromatic heterocycles. The Morgan fingerprint density at radius 1 is 1.60 bits per heavy atom. The lowest BCUT2D eigenvalue weighted by molar-refractivity contribution is 0.121. The minimum absolute atomic E-state index is 0. The summed E-state index contributed by atoms with van der Waals surface area (Å²) >= 11 is 0. The van der Waals surface area contributed by atoms with Crippen LogP contribution in [0.15, 0.2) is 0 Å². The fraction of sp³-hybridized carbons (Fsp3) is 0.750. The topological polar surface area (TPSA) is 119 Å². The highest BCUT2D eigenvalue weighted by molar-refractivity contribution is 5.61. The number of carbonyl (C=O) groups is 1. The van der Waals surface area contributed by atoms with E-state index in [0.29, 0.717) is 6.61 Å². The Labute approximate surface area is 58.4 Å². The first kappa shape index (κ1) is 11.9. The minimum Gasteiger partial charge on any atom is -0.430 e. The number of hydrazine groups is 1. The molecule has 1 aliphatic rings. The normalized spacial score (nSPS) is 21.1. The van der Waals surface area contributed by atoms with E-state index in [4.69, 9.17) is 0 Å². The molecule has 1 heterocycles. The number of hydrogen-bond acceptors (Lipinski definition) is 5. The van der Waals surface area contributed by atoms with E-state index in [1.165, 1.54) is 0 Å². The number of cyclic esters (lactones) is 2. The Hall–Kier alpha value is -0.850. The third-order valence-electron chi connectivity index (χ3n) is 0.733. The van der Waals surface area contributed by atoms with Crippen LogP contribution in [0.5, 0.6) is 0 Å². The molecule has 10 heavy (non-hydrogen) atoms. The minimum atomic E-state index is -0.549. The Morgan fingerprint density at radius 2 is 2.10 bits per heavy atom. The fourth-order valence-electron chi connectivity index (χ4n) is 0.418. The van der Waals surface area contributed by atoms with Gasteiger partial charge in [-0.15, -0.1) is 0 Å². The highest BCUT2D eigenvalue weighted by atomic mass is 16.8. The third-order valence-corrected chi connectivity index (χ3v) is 0.733. The molecule has 1 fully saturated rings. The Kier molecular flexibility index (Phi) is 7.46. The molecule has 0 radical (unpaired) electrons. The molecule has 0 aromatic rings. The van der Waals surface area contributed by atoms with E-state index in [0.717, 1.165) is 0 Å². The average molecular weight is 152 g/mol. The second kappa shape index (κ2) is 6.27. The smallest absolute Gasteiger partial charge is 0.430 e. The van der Waals surface area contributed by atoms with Crippen LogP contribution in [0.3, 0.4) is 0 Å². The van der Waals surface area contributed by atoms with E-state index in [1.807, 2.05) is 0 Å². The van der Waals surface area contributed by atoms with Crippen molar-refractivity contribution in [1.82, 2.24) is 0 Å². The van der Waals surface area contributed by atoms with Crippen LogP contribution in [0.1, 0.15) is 6.92 Å². The van der Waals surface area contributed by atoms with Crippen LogP contribution in [0.2, 0.25) is 0 Å². The molecule has 1 unspecified atom stereocenters. The lowest BCUT2D eigenvalue weighted by Crippen LogP contribution is -2.02. The van der Waals surface area contributed by atoms with Gasteiger partial charge in [-0.1, -0.05) is 0 Å². The monoisotopic (exact) mass is 152 g/mol. The van der Waals surface area contributed by atoms with E-state index in [1.54, 1.807) is 6.92 Å². The van der Waals surface area contributed by atoms with E-state index in [2.05, 4.69) is 21.2 Å². The van der Waals surface area contributed by atoms with E-state index < -0.39 is 6.16 Å². The van der Waals surface area contributed by atoms with Crippen molar-refractivity contribution in [1.29, 1.82) is 0 Å². The predicted octanol–water partition coefficient (Wildman–Crippen LogP) is -1.46. The van der Waals surface area contributed by atoms with Crippen molar-refractivity contribution in [2.24, 2.45) is 11.7 Å². The Morgan fingerprint density at radius 3 is 2.20 bits per heavy atom. The first-order chi connectivity index (χ1) is 4.29. The predicted molar refractivity (Wildman–Crippen MR) is 33.9 cm³/mol. The van der Waals surface area contributed by atoms with Gasteiger partial charge in [-0.3, -0.25) is 11.7 Å². The summed E-state index contributed by atoms with van der Waals surface area (Å²) in [7, 11) is 0. The summed E-state index contributed by atoms with van der Waals surface area (Å²) in [6.45, 7) is 2.18. The lowest BCUT2D eigenvalue weighted by atomic mass is 10.5. The third kappa shape index (κ3) is 4.07. The zero-order valence-electron chi connectivity index (χ0n) is 5.66. The summed E-state index contributed by atoms with van der Waals surface area (Å²) in [4.78, 5) is 10.0. The fourth-order valence-corrected chi connectivity index (χ4v) is 0.418. The van der Waals surface area contributed by atoms with Gasteiger partial charge in [0.05, 0.1) is 0 Å². The van der Waals surface area contributed by atoms with Gasteiger partial charge in [-0.25, -0.2) is 4.79 Å². The standard InChI is InChI=1S/C4H6O3.H4N2.H2O/c1-3-2-6-4(5)7-3;1-2;/h3H,2H2,1H3;1-2H2;1H2. The van der Waals surface area contributed by atoms with Crippen LogP contribution in [0.4, 0.5) is 4.79 Å². The molecule has 1 saturated heterocycles. The number of ether oxygens (including phenoxy) is 2.